The highest BCUT2D eigenvalue weighted by Gasteiger charge is 2.03. The van der Waals surface area contributed by atoms with Gasteiger partial charge in [0.25, 0.3) is 0 Å². The lowest BCUT2D eigenvalue weighted by Crippen LogP contribution is -2.23. The van der Waals surface area contributed by atoms with Crippen molar-refractivity contribution in [1.82, 2.24) is 15.1 Å². The van der Waals surface area contributed by atoms with Crippen LogP contribution in [-0.2, 0) is 13.1 Å². The largest absolute Gasteiger partial charge is 0.396 e. The highest BCUT2D eigenvalue weighted by Crippen LogP contribution is 2.02. The first-order valence-corrected chi connectivity index (χ1v) is 6.10. The van der Waals surface area contributed by atoms with Gasteiger partial charge in [0.05, 0.1) is 5.69 Å². The molecule has 1 unspecified atom stereocenters. The van der Waals surface area contributed by atoms with E-state index in [2.05, 4.69) is 30.3 Å². The topological polar surface area (TPSA) is 50.1 Å². The standard InChI is InChI=1S/C12H23N3O/c1-3-7-15-12(4-6-14-15)10-13-9-11(2)5-8-16/h4,6,11,13,16H,3,5,7-10H2,1-2H3. The molecule has 4 heteroatoms. The van der Waals surface area contributed by atoms with E-state index in [1.54, 1.807) is 0 Å². The number of nitrogens with one attached hydrogen (secondary N) is 1. The average Bonchev–Trinajstić information content (AvgIpc) is 2.67. The monoisotopic (exact) mass is 225 g/mol. The Labute approximate surface area is 97.7 Å². The number of aliphatic hydroxyl groups excluding tert-OH is 1. The molecule has 1 atom stereocenters. The van der Waals surface area contributed by atoms with Gasteiger partial charge in [0.2, 0.25) is 0 Å². The fourth-order valence-electron chi connectivity index (χ4n) is 1.69. The predicted molar refractivity (Wildman–Crippen MR) is 65.1 cm³/mol. The number of aliphatic hydroxyl groups is 1. The van der Waals surface area contributed by atoms with Gasteiger partial charge in [-0.2, -0.15) is 5.10 Å². The SMILES string of the molecule is CCCn1nccc1CNCC(C)CCO. The van der Waals surface area contributed by atoms with Crippen LogP contribution in [0.3, 0.4) is 0 Å². The highest BCUT2D eigenvalue weighted by atomic mass is 16.3. The summed E-state index contributed by atoms with van der Waals surface area (Å²) in [6.07, 6.45) is 3.82. The van der Waals surface area contributed by atoms with Crippen molar-refractivity contribution < 1.29 is 5.11 Å². The van der Waals surface area contributed by atoms with E-state index < -0.39 is 0 Å². The van der Waals surface area contributed by atoms with Crippen LogP contribution in [-0.4, -0.2) is 28.0 Å². The van der Waals surface area contributed by atoms with Gasteiger partial charge in [0.15, 0.2) is 0 Å². The molecule has 1 heterocycles. The van der Waals surface area contributed by atoms with Crippen LogP contribution >= 0.6 is 0 Å². The Bertz CT molecular complexity index is 286. The quantitative estimate of drug-likeness (QED) is 0.703. The molecular formula is C12H23N3O. The molecular weight excluding hydrogens is 202 g/mol. The summed E-state index contributed by atoms with van der Waals surface area (Å²) in [6, 6.07) is 2.05. The number of aromatic nitrogens is 2. The van der Waals surface area contributed by atoms with Crippen LogP contribution in [0.15, 0.2) is 12.3 Å². The van der Waals surface area contributed by atoms with Crippen molar-refractivity contribution in [3.05, 3.63) is 18.0 Å². The molecule has 0 spiro atoms. The minimum absolute atomic E-state index is 0.274. The summed E-state index contributed by atoms with van der Waals surface area (Å²) in [5.74, 6) is 0.521. The second-order valence-electron chi connectivity index (χ2n) is 4.29. The Kier molecular flexibility index (Phi) is 6.11. The summed E-state index contributed by atoms with van der Waals surface area (Å²) in [6.45, 7) is 7.36. The predicted octanol–water partition coefficient (Wildman–Crippen LogP) is 1.40. The van der Waals surface area contributed by atoms with Crippen molar-refractivity contribution in [3.8, 4) is 0 Å². The van der Waals surface area contributed by atoms with Crippen LogP contribution in [0.1, 0.15) is 32.4 Å². The molecule has 0 amide bonds. The van der Waals surface area contributed by atoms with E-state index in [-0.39, 0.29) is 6.61 Å². The number of nitrogens with zero attached hydrogens (tertiary/aromatic N) is 2. The van der Waals surface area contributed by atoms with Gasteiger partial charge in [-0.05, 0) is 31.4 Å². The van der Waals surface area contributed by atoms with E-state index in [0.717, 1.165) is 32.5 Å². The summed E-state index contributed by atoms with van der Waals surface area (Å²) < 4.78 is 2.05. The number of rotatable bonds is 8. The molecule has 16 heavy (non-hydrogen) atoms. The molecule has 0 radical (unpaired) electrons. The van der Waals surface area contributed by atoms with E-state index in [0.29, 0.717) is 5.92 Å². The van der Waals surface area contributed by atoms with E-state index in [9.17, 15) is 0 Å². The minimum atomic E-state index is 0.274. The van der Waals surface area contributed by atoms with E-state index in [4.69, 9.17) is 5.11 Å². The molecule has 4 nitrogen and oxygen atoms in total. The Balaban J connectivity index is 2.28. The van der Waals surface area contributed by atoms with Crippen molar-refractivity contribution in [2.24, 2.45) is 5.92 Å². The van der Waals surface area contributed by atoms with Gasteiger partial charge in [-0.15, -0.1) is 0 Å². The Morgan fingerprint density at radius 1 is 1.56 bits per heavy atom. The zero-order valence-corrected chi connectivity index (χ0v) is 10.3. The molecule has 0 saturated heterocycles. The first-order chi connectivity index (χ1) is 7.77. The molecule has 0 aromatic carbocycles. The zero-order chi connectivity index (χ0) is 11.8. The van der Waals surface area contributed by atoms with Gasteiger partial charge in [-0.1, -0.05) is 13.8 Å². The maximum atomic E-state index is 8.79. The second kappa shape index (κ2) is 7.41. The Morgan fingerprint density at radius 2 is 2.38 bits per heavy atom. The lowest BCUT2D eigenvalue weighted by molar-refractivity contribution is 0.260. The molecule has 92 valence electrons. The van der Waals surface area contributed by atoms with Crippen molar-refractivity contribution in [1.29, 1.82) is 0 Å². The molecule has 0 aliphatic rings. The van der Waals surface area contributed by atoms with Crippen molar-refractivity contribution in [2.75, 3.05) is 13.2 Å². The maximum Gasteiger partial charge on any atom is 0.0522 e. The number of hydrogen-bond acceptors (Lipinski definition) is 3. The van der Waals surface area contributed by atoms with Crippen LogP contribution < -0.4 is 5.32 Å². The third-order valence-electron chi connectivity index (χ3n) is 2.66. The third-order valence-corrected chi connectivity index (χ3v) is 2.66. The van der Waals surface area contributed by atoms with Gasteiger partial charge in [-0.3, -0.25) is 4.68 Å². The van der Waals surface area contributed by atoms with Crippen LogP contribution in [0, 0.1) is 5.92 Å². The van der Waals surface area contributed by atoms with Crippen LogP contribution in [0.25, 0.3) is 0 Å². The summed E-state index contributed by atoms with van der Waals surface area (Å²) in [5, 5.41) is 16.5. The van der Waals surface area contributed by atoms with Crippen molar-refractivity contribution >= 4 is 0 Å². The smallest absolute Gasteiger partial charge is 0.0522 e. The summed E-state index contributed by atoms with van der Waals surface area (Å²) in [4.78, 5) is 0. The molecule has 0 saturated carbocycles. The van der Waals surface area contributed by atoms with E-state index in [1.165, 1.54) is 5.69 Å². The first-order valence-electron chi connectivity index (χ1n) is 6.10. The molecule has 1 rings (SSSR count). The lowest BCUT2D eigenvalue weighted by atomic mass is 10.1. The molecule has 0 bridgehead atoms. The van der Waals surface area contributed by atoms with Crippen molar-refractivity contribution in [2.45, 2.75) is 39.8 Å². The minimum Gasteiger partial charge on any atom is -0.396 e. The highest BCUT2D eigenvalue weighted by molar-refractivity contribution is 4.99. The molecule has 2 N–H and O–H groups in total. The fraction of sp³-hybridized carbons (Fsp3) is 0.750. The Morgan fingerprint density at radius 3 is 3.06 bits per heavy atom. The fourth-order valence-corrected chi connectivity index (χ4v) is 1.69. The lowest BCUT2D eigenvalue weighted by Gasteiger charge is -2.11. The summed E-state index contributed by atoms with van der Waals surface area (Å²) in [7, 11) is 0. The number of hydrogen-bond donors (Lipinski definition) is 2. The van der Waals surface area contributed by atoms with Gasteiger partial charge < -0.3 is 10.4 Å². The second-order valence-corrected chi connectivity index (χ2v) is 4.29. The third kappa shape index (κ3) is 4.33. The van der Waals surface area contributed by atoms with Gasteiger partial charge in [0.1, 0.15) is 0 Å². The van der Waals surface area contributed by atoms with Crippen LogP contribution in [0.5, 0.6) is 0 Å². The van der Waals surface area contributed by atoms with E-state index in [1.807, 2.05) is 10.9 Å². The molecule has 0 fully saturated rings. The maximum absolute atomic E-state index is 8.79. The molecule has 1 aromatic rings. The van der Waals surface area contributed by atoms with Crippen molar-refractivity contribution in [3.63, 3.8) is 0 Å². The summed E-state index contributed by atoms with van der Waals surface area (Å²) >= 11 is 0. The van der Waals surface area contributed by atoms with E-state index >= 15 is 0 Å². The normalized spacial score (nSPS) is 12.9. The van der Waals surface area contributed by atoms with Gasteiger partial charge in [-0.25, -0.2) is 0 Å². The van der Waals surface area contributed by atoms with Crippen LogP contribution in [0.2, 0.25) is 0 Å². The zero-order valence-electron chi connectivity index (χ0n) is 10.3. The number of aryl methyl sites for hydroxylation is 1. The first kappa shape index (κ1) is 13.2. The summed E-state index contributed by atoms with van der Waals surface area (Å²) in [5.41, 5.74) is 1.23. The van der Waals surface area contributed by atoms with Gasteiger partial charge in [0, 0.05) is 25.9 Å². The van der Waals surface area contributed by atoms with Crippen LogP contribution in [0.4, 0.5) is 0 Å². The van der Waals surface area contributed by atoms with Gasteiger partial charge >= 0.3 is 0 Å². The molecule has 0 aliphatic heterocycles. The molecule has 0 aliphatic carbocycles. The Hall–Kier alpha value is -0.870. The average molecular weight is 225 g/mol. The molecule has 1 aromatic heterocycles.